The Balaban J connectivity index is 1.56. The van der Waals surface area contributed by atoms with Gasteiger partial charge >= 0.3 is 17.9 Å². The number of ether oxygens (including phenoxy) is 4. The molecule has 0 unspecified atom stereocenters. The SMILES string of the molecule is C/C=C(\C)C(=O)O[C@H]1C[C@@H](O)[C@@]2(C)C(=O)O[C@H]3[C@H]4O[C@@H]5C[C@@H](c6ccoc6)C(C)=C5[C@@]4(C)[C@H](CC(=O)OC)[C@]1(C)[C@@H]32. The van der Waals surface area contributed by atoms with Crippen LogP contribution in [0.4, 0.5) is 0 Å². The molecule has 2 saturated carbocycles. The summed E-state index contributed by atoms with van der Waals surface area (Å²) in [5.74, 6) is -2.29. The highest BCUT2D eigenvalue weighted by Gasteiger charge is 2.80. The average Bonchev–Trinajstić information content (AvgIpc) is 3.70. The van der Waals surface area contributed by atoms with Gasteiger partial charge in [-0.15, -0.1) is 0 Å². The van der Waals surface area contributed by atoms with Gasteiger partial charge in [-0.3, -0.25) is 9.59 Å². The highest BCUT2D eigenvalue weighted by molar-refractivity contribution is 5.88. The van der Waals surface area contributed by atoms with Crippen molar-refractivity contribution in [1.82, 2.24) is 0 Å². The molecule has 11 atom stereocenters. The van der Waals surface area contributed by atoms with Crippen LogP contribution in [0.1, 0.15) is 72.3 Å². The maximum absolute atomic E-state index is 13.6. The van der Waals surface area contributed by atoms with E-state index in [2.05, 4.69) is 13.8 Å². The Kier molecular flexibility index (Phi) is 6.40. The van der Waals surface area contributed by atoms with Crippen molar-refractivity contribution in [3.8, 4) is 0 Å². The highest BCUT2D eigenvalue weighted by Crippen LogP contribution is 2.74. The predicted octanol–water partition coefficient (Wildman–Crippen LogP) is 4.25. The zero-order valence-electron chi connectivity index (χ0n) is 24.8. The molecule has 4 fully saturated rings. The van der Waals surface area contributed by atoms with Gasteiger partial charge in [0.1, 0.15) is 18.3 Å². The number of aliphatic hydroxyl groups excluding tert-OH is 1. The Labute approximate surface area is 240 Å². The third-order valence-corrected chi connectivity index (χ3v) is 11.7. The number of aliphatic hydroxyl groups is 1. The van der Waals surface area contributed by atoms with Crippen molar-refractivity contribution in [2.24, 2.45) is 28.1 Å². The normalized spacial score (nSPS) is 44.7. The molecule has 2 aliphatic heterocycles. The zero-order valence-corrected chi connectivity index (χ0v) is 24.8. The van der Waals surface area contributed by atoms with E-state index in [1.165, 1.54) is 7.11 Å². The first-order valence-electron chi connectivity index (χ1n) is 14.5. The van der Waals surface area contributed by atoms with E-state index < -0.39 is 70.4 Å². The molecule has 6 rings (SSSR count). The Morgan fingerprint density at radius 3 is 2.56 bits per heavy atom. The van der Waals surface area contributed by atoms with Crippen LogP contribution in [0, 0.1) is 28.1 Å². The van der Waals surface area contributed by atoms with Gasteiger partial charge in [0.15, 0.2) is 0 Å². The Bertz CT molecular complexity index is 1340. The minimum absolute atomic E-state index is 0.0312. The minimum atomic E-state index is -1.25. The fraction of sp³-hybridized carbons (Fsp3) is 0.656. The third-order valence-electron chi connectivity index (χ3n) is 11.7. The largest absolute Gasteiger partial charge is 0.472 e. The fourth-order valence-corrected chi connectivity index (χ4v) is 9.53. The number of esters is 3. The van der Waals surface area contributed by atoms with Gasteiger partial charge in [-0.25, -0.2) is 4.79 Å². The highest BCUT2D eigenvalue weighted by atomic mass is 16.6. The van der Waals surface area contributed by atoms with Crippen LogP contribution in [-0.2, 0) is 33.3 Å². The Morgan fingerprint density at radius 1 is 1.20 bits per heavy atom. The molecule has 9 nitrogen and oxygen atoms in total. The molecule has 9 heteroatoms. The van der Waals surface area contributed by atoms with Crippen LogP contribution < -0.4 is 0 Å². The standard InChI is InChI=1S/C32H40O9/c1-8-15(2)28(35)40-22-13-21(33)32(6)26-25(41-29(32)36)27-31(5,20(30(22,26)4)12-23(34)37-7)24-16(3)18(11-19(24)39-27)17-9-10-38-14-17/h8-10,14,18-22,25-27,33H,11-13H2,1-7H3/b15-8+/t18-,19-,20-,21-,22+,25-,26-,27-,30+,31-,32-/m1/s1. The van der Waals surface area contributed by atoms with E-state index in [0.717, 1.165) is 16.7 Å². The first kappa shape index (κ1) is 28.2. The molecule has 0 spiro atoms. The molecule has 222 valence electrons. The van der Waals surface area contributed by atoms with Crippen LogP contribution in [0.5, 0.6) is 0 Å². The van der Waals surface area contributed by atoms with Crippen molar-refractivity contribution >= 4 is 17.9 Å². The quantitative estimate of drug-likeness (QED) is 0.240. The number of carbonyl (C=O) groups is 3. The number of furan rings is 1. The molecular weight excluding hydrogens is 528 g/mol. The first-order valence-corrected chi connectivity index (χ1v) is 14.5. The smallest absolute Gasteiger partial charge is 0.333 e. The molecule has 1 N–H and O–H groups in total. The predicted molar refractivity (Wildman–Crippen MR) is 145 cm³/mol. The molecule has 3 heterocycles. The molecule has 2 saturated heterocycles. The molecule has 0 aromatic carbocycles. The summed E-state index contributed by atoms with van der Waals surface area (Å²) in [5.41, 5.74) is 0.827. The Hall–Kier alpha value is -2.91. The summed E-state index contributed by atoms with van der Waals surface area (Å²) in [6, 6.07) is 1.96. The van der Waals surface area contributed by atoms with Crippen molar-refractivity contribution in [2.75, 3.05) is 7.11 Å². The molecule has 0 bridgehead atoms. The summed E-state index contributed by atoms with van der Waals surface area (Å²) in [6.07, 6.45) is 2.54. The van der Waals surface area contributed by atoms with Gasteiger partial charge in [-0.05, 0) is 57.2 Å². The van der Waals surface area contributed by atoms with Gasteiger partial charge in [-0.1, -0.05) is 25.5 Å². The van der Waals surface area contributed by atoms with Gasteiger partial charge in [0, 0.05) is 41.1 Å². The van der Waals surface area contributed by atoms with E-state index in [0.29, 0.717) is 12.0 Å². The molecule has 3 aliphatic carbocycles. The van der Waals surface area contributed by atoms with Crippen LogP contribution >= 0.6 is 0 Å². The minimum Gasteiger partial charge on any atom is -0.472 e. The fourth-order valence-electron chi connectivity index (χ4n) is 9.53. The van der Waals surface area contributed by atoms with E-state index in [1.807, 2.05) is 13.0 Å². The van der Waals surface area contributed by atoms with Gasteiger partial charge in [0.05, 0.1) is 37.3 Å². The summed E-state index contributed by atoms with van der Waals surface area (Å²) >= 11 is 0. The van der Waals surface area contributed by atoms with Crippen LogP contribution in [0.2, 0.25) is 0 Å². The number of carbonyl (C=O) groups excluding carboxylic acids is 3. The average molecular weight is 569 g/mol. The number of hydrogen-bond donors (Lipinski definition) is 1. The molecule has 5 aliphatic rings. The second kappa shape index (κ2) is 9.30. The van der Waals surface area contributed by atoms with Crippen LogP contribution in [-0.4, -0.2) is 60.6 Å². The van der Waals surface area contributed by atoms with E-state index >= 15 is 0 Å². The maximum atomic E-state index is 13.6. The lowest BCUT2D eigenvalue weighted by molar-refractivity contribution is -0.248. The summed E-state index contributed by atoms with van der Waals surface area (Å²) in [4.78, 5) is 40.0. The lowest BCUT2D eigenvalue weighted by Crippen LogP contribution is -2.71. The molecule has 1 aromatic heterocycles. The summed E-state index contributed by atoms with van der Waals surface area (Å²) < 4.78 is 29.8. The van der Waals surface area contributed by atoms with E-state index in [-0.39, 0.29) is 24.9 Å². The number of rotatable bonds is 5. The van der Waals surface area contributed by atoms with E-state index in [1.54, 1.807) is 39.4 Å². The first-order chi connectivity index (χ1) is 19.3. The number of allylic oxidation sites excluding steroid dienone is 2. The summed E-state index contributed by atoms with van der Waals surface area (Å²) in [5, 5.41) is 11.5. The van der Waals surface area contributed by atoms with E-state index in [9.17, 15) is 19.5 Å². The second-order valence-corrected chi connectivity index (χ2v) is 13.2. The lowest BCUT2D eigenvalue weighted by Gasteiger charge is -2.64. The monoisotopic (exact) mass is 568 g/mol. The number of hydrogen-bond acceptors (Lipinski definition) is 9. The van der Waals surface area contributed by atoms with Crippen molar-refractivity contribution < 1.29 is 42.9 Å². The van der Waals surface area contributed by atoms with Gasteiger partial charge in [-0.2, -0.15) is 0 Å². The second-order valence-electron chi connectivity index (χ2n) is 13.2. The molecule has 0 radical (unpaired) electrons. The van der Waals surface area contributed by atoms with Gasteiger partial charge in [0.25, 0.3) is 0 Å². The molecule has 1 aromatic rings. The van der Waals surface area contributed by atoms with Crippen LogP contribution in [0.15, 0.2) is 45.8 Å². The van der Waals surface area contributed by atoms with Crippen LogP contribution in [0.3, 0.4) is 0 Å². The molecule has 0 amide bonds. The maximum Gasteiger partial charge on any atom is 0.333 e. The van der Waals surface area contributed by atoms with Gasteiger partial charge in [0.2, 0.25) is 0 Å². The lowest BCUT2D eigenvalue weighted by atomic mass is 9.39. The number of fused-ring (bicyclic) bond motifs is 4. The van der Waals surface area contributed by atoms with Crippen LogP contribution in [0.25, 0.3) is 0 Å². The van der Waals surface area contributed by atoms with Gasteiger partial charge < -0.3 is 28.5 Å². The third kappa shape index (κ3) is 3.51. The van der Waals surface area contributed by atoms with Crippen molar-refractivity contribution in [2.45, 2.75) is 97.2 Å². The summed E-state index contributed by atoms with van der Waals surface area (Å²) in [7, 11) is 1.36. The van der Waals surface area contributed by atoms with Crippen molar-refractivity contribution in [3.63, 3.8) is 0 Å². The van der Waals surface area contributed by atoms with Crippen molar-refractivity contribution in [3.05, 3.63) is 47.0 Å². The van der Waals surface area contributed by atoms with Crippen molar-refractivity contribution in [1.29, 1.82) is 0 Å². The zero-order chi connectivity index (χ0) is 29.6. The topological polar surface area (TPSA) is 122 Å². The molecule has 41 heavy (non-hydrogen) atoms. The molecular formula is C32H40O9. The number of methoxy groups -OCH3 is 1. The Morgan fingerprint density at radius 2 is 1.93 bits per heavy atom. The van der Waals surface area contributed by atoms with E-state index in [4.69, 9.17) is 23.4 Å². The summed E-state index contributed by atoms with van der Waals surface area (Å²) in [6.45, 7) is 11.4.